The zero-order valence-electron chi connectivity index (χ0n) is 11.3. The molecule has 0 heterocycles. The number of hydrogen-bond donors (Lipinski definition) is 3. The van der Waals surface area contributed by atoms with Crippen LogP contribution >= 0.6 is 0 Å². The van der Waals surface area contributed by atoms with Gasteiger partial charge in [-0.2, -0.15) is 0 Å². The predicted octanol–water partition coefficient (Wildman–Crippen LogP) is 0.169. The third kappa shape index (κ3) is 3.89. The topological polar surface area (TPSA) is 139 Å². The molecule has 1 aromatic rings. The number of benzene rings is 1. The number of carbonyl (C=O) groups excluding carboxylic acids is 1. The van der Waals surface area contributed by atoms with Gasteiger partial charge in [-0.1, -0.05) is 0 Å². The Morgan fingerprint density at radius 1 is 1.48 bits per heavy atom. The molecule has 1 unspecified atom stereocenters. The van der Waals surface area contributed by atoms with Crippen LogP contribution in [0.1, 0.15) is 17.3 Å². The number of carboxylic acid groups (broad SMARTS) is 1. The molecule has 9 nitrogen and oxygen atoms in total. The number of methoxy groups -OCH3 is 1. The summed E-state index contributed by atoms with van der Waals surface area (Å²) in [5, 5.41) is 31.1. The van der Waals surface area contributed by atoms with Crippen molar-refractivity contribution in [2.45, 2.75) is 12.5 Å². The normalized spacial score (nSPS) is 13.1. The van der Waals surface area contributed by atoms with Crippen LogP contribution in [0.4, 0.5) is 5.69 Å². The van der Waals surface area contributed by atoms with Crippen LogP contribution in [0.25, 0.3) is 0 Å². The number of ether oxygens (including phenoxy) is 1. The highest BCUT2D eigenvalue weighted by atomic mass is 16.6. The second-order valence-corrected chi connectivity index (χ2v) is 4.40. The fourth-order valence-electron chi connectivity index (χ4n) is 1.41. The van der Waals surface area contributed by atoms with Crippen LogP contribution in [0.2, 0.25) is 0 Å². The van der Waals surface area contributed by atoms with Gasteiger partial charge in [-0.25, -0.2) is 4.79 Å². The van der Waals surface area contributed by atoms with Gasteiger partial charge in [0.05, 0.1) is 24.1 Å². The first kappa shape index (κ1) is 16.4. The molecule has 114 valence electrons. The maximum Gasteiger partial charge on any atom is 0.337 e. The minimum Gasteiger partial charge on any atom is -0.496 e. The molecule has 0 spiro atoms. The van der Waals surface area contributed by atoms with Gasteiger partial charge in [-0.3, -0.25) is 14.9 Å². The van der Waals surface area contributed by atoms with Crippen molar-refractivity contribution in [3.05, 3.63) is 33.9 Å². The number of amides is 1. The lowest BCUT2D eigenvalue weighted by atomic mass is 10.1. The number of rotatable bonds is 6. The summed E-state index contributed by atoms with van der Waals surface area (Å²) in [5.74, 6) is -2.21. The summed E-state index contributed by atoms with van der Waals surface area (Å²) in [6.45, 7) is 0.452. The summed E-state index contributed by atoms with van der Waals surface area (Å²) in [7, 11) is 1.28. The fraction of sp³-hybridized carbons (Fsp3) is 0.333. The van der Waals surface area contributed by atoms with Crippen molar-refractivity contribution < 1.29 is 29.5 Å². The Morgan fingerprint density at radius 2 is 2.10 bits per heavy atom. The largest absolute Gasteiger partial charge is 0.496 e. The van der Waals surface area contributed by atoms with Crippen molar-refractivity contribution >= 4 is 17.6 Å². The monoisotopic (exact) mass is 298 g/mol. The molecule has 21 heavy (non-hydrogen) atoms. The Bertz CT molecular complexity index is 583. The van der Waals surface area contributed by atoms with E-state index in [1.807, 2.05) is 0 Å². The molecule has 1 aromatic carbocycles. The van der Waals surface area contributed by atoms with Gasteiger partial charge in [0, 0.05) is 12.1 Å². The number of nitrogens with zero attached hydrogens (tertiary/aromatic N) is 1. The van der Waals surface area contributed by atoms with Crippen molar-refractivity contribution in [1.29, 1.82) is 0 Å². The number of nitro benzene ring substituents is 1. The van der Waals surface area contributed by atoms with E-state index in [-0.39, 0.29) is 17.0 Å². The molecule has 0 fully saturated rings. The third-order valence-corrected chi connectivity index (χ3v) is 2.69. The van der Waals surface area contributed by atoms with Crippen molar-refractivity contribution in [3.63, 3.8) is 0 Å². The van der Waals surface area contributed by atoms with E-state index in [9.17, 15) is 24.8 Å². The highest BCUT2D eigenvalue weighted by Crippen LogP contribution is 2.23. The summed E-state index contributed by atoms with van der Waals surface area (Å²) in [6.07, 6.45) is 0. The zero-order valence-corrected chi connectivity index (χ0v) is 11.3. The van der Waals surface area contributed by atoms with Crippen LogP contribution in [-0.2, 0) is 4.79 Å². The molecule has 0 aromatic heterocycles. The molecule has 0 bridgehead atoms. The molecule has 0 radical (unpaired) electrons. The lowest BCUT2D eigenvalue weighted by Gasteiger charge is -2.18. The number of carbonyl (C=O) groups is 2. The summed E-state index contributed by atoms with van der Waals surface area (Å²) in [6, 6.07) is 3.43. The average Bonchev–Trinajstić information content (AvgIpc) is 2.43. The van der Waals surface area contributed by atoms with Gasteiger partial charge in [0.15, 0.2) is 5.60 Å². The van der Waals surface area contributed by atoms with Gasteiger partial charge in [-0.05, 0) is 13.0 Å². The Hall–Kier alpha value is -2.68. The van der Waals surface area contributed by atoms with E-state index in [0.29, 0.717) is 0 Å². The first-order chi connectivity index (χ1) is 9.69. The highest BCUT2D eigenvalue weighted by Gasteiger charge is 2.31. The molecule has 1 rings (SSSR count). The number of non-ortho nitro benzene ring substituents is 1. The van der Waals surface area contributed by atoms with E-state index < -0.39 is 28.9 Å². The van der Waals surface area contributed by atoms with E-state index in [4.69, 9.17) is 9.84 Å². The van der Waals surface area contributed by atoms with Crippen LogP contribution in [0.5, 0.6) is 5.75 Å². The Labute approximate surface area is 119 Å². The second-order valence-electron chi connectivity index (χ2n) is 4.40. The molecule has 3 N–H and O–H groups in total. The average molecular weight is 298 g/mol. The van der Waals surface area contributed by atoms with Gasteiger partial charge in [0.2, 0.25) is 0 Å². The predicted molar refractivity (Wildman–Crippen MR) is 70.2 cm³/mol. The standard InChI is InChI=1S/C12H14N2O7/c1-12(18,11(16)17)6-13-10(15)8-5-7(14(19)20)3-4-9(8)21-2/h3-5,18H,6H2,1-2H3,(H,13,15)(H,16,17). The lowest BCUT2D eigenvalue weighted by Crippen LogP contribution is -2.46. The number of nitrogens with one attached hydrogen (secondary N) is 1. The van der Waals surface area contributed by atoms with Crippen molar-refractivity contribution in [2.24, 2.45) is 0 Å². The summed E-state index contributed by atoms with van der Waals surface area (Å²) in [4.78, 5) is 32.7. The molecule has 9 heteroatoms. The first-order valence-corrected chi connectivity index (χ1v) is 5.75. The Kier molecular flexibility index (Phi) is 4.82. The first-order valence-electron chi connectivity index (χ1n) is 5.75. The van der Waals surface area contributed by atoms with Crippen molar-refractivity contribution in [2.75, 3.05) is 13.7 Å². The second kappa shape index (κ2) is 6.18. The van der Waals surface area contributed by atoms with Crippen LogP contribution in [0.3, 0.4) is 0 Å². The molecular formula is C12H14N2O7. The highest BCUT2D eigenvalue weighted by molar-refractivity contribution is 5.98. The summed E-state index contributed by atoms with van der Waals surface area (Å²) < 4.78 is 4.92. The van der Waals surface area contributed by atoms with E-state index in [2.05, 4.69) is 5.32 Å². The van der Waals surface area contributed by atoms with E-state index in [1.54, 1.807) is 0 Å². The smallest absolute Gasteiger partial charge is 0.337 e. The zero-order chi connectivity index (χ0) is 16.2. The lowest BCUT2D eigenvalue weighted by molar-refractivity contribution is -0.384. The van der Waals surface area contributed by atoms with Crippen molar-refractivity contribution in [3.8, 4) is 5.75 Å². The third-order valence-electron chi connectivity index (χ3n) is 2.69. The van der Waals surface area contributed by atoms with E-state index in [0.717, 1.165) is 13.0 Å². The Balaban J connectivity index is 2.98. The molecule has 0 saturated carbocycles. The number of carboxylic acids is 1. The summed E-state index contributed by atoms with van der Waals surface area (Å²) in [5.41, 5.74) is -2.59. The molecule has 0 aliphatic rings. The number of aliphatic hydroxyl groups is 1. The summed E-state index contributed by atoms with van der Waals surface area (Å²) >= 11 is 0. The molecule has 0 aliphatic heterocycles. The molecule has 0 saturated heterocycles. The van der Waals surface area contributed by atoms with Crippen LogP contribution < -0.4 is 10.1 Å². The number of hydrogen-bond acceptors (Lipinski definition) is 6. The quantitative estimate of drug-likeness (QED) is 0.502. The number of aliphatic carboxylic acids is 1. The maximum atomic E-state index is 12.0. The minimum atomic E-state index is -2.15. The van der Waals surface area contributed by atoms with Crippen LogP contribution in [-0.4, -0.2) is 46.3 Å². The van der Waals surface area contributed by atoms with Gasteiger partial charge in [-0.15, -0.1) is 0 Å². The van der Waals surface area contributed by atoms with Crippen LogP contribution in [0, 0.1) is 10.1 Å². The molecule has 1 amide bonds. The van der Waals surface area contributed by atoms with Crippen LogP contribution in [0.15, 0.2) is 18.2 Å². The molecule has 1 atom stereocenters. The van der Waals surface area contributed by atoms with E-state index >= 15 is 0 Å². The molecular weight excluding hydrogens is 284 g/mol. The van der Waals surface area contributed by atoms with Gasteiger partial charge in [0.25, 0.3) is 11.6 Å². The van der Waals surface area contributed by atoms with Crippen molar-refractivity contribution in [1.82, 2.24) is 5.32 Å². The SMILES string of the molecule is COc1ccc([N+](=O)[O-])cc1C(=O)NCC(C)(O)C(=O)O. The van der Waals surface area contributed by atoms with Gasteiger partial charge >= 0.3 is 5.97 Å². The van der Waals surface area contributed by atoms with Gasteiger partial charge in [0.1, 0.15) is 5.75 Å². The number of nitro groups is 1. The maximum absolute atomic E-state index is 12.0. The van der Waals surface area contributed by atoms with E-state index in [1.165, 1.54) is 19.2 Å². The minimum absolute atomic E-state index is 0.0908. The molecule has 0 aliphatic carbocycles. The van der Waals surface area contributed by atoms with Gasteiger partial charge < -0.3 is 20.3 Å². The fourth-order valence-corrected chi connectivity index (χ4v) is 1.41. The Morgan fingerprint density at radius 3 is 2.57 bits per heavy atom.